The summed E-state index contributed by atoms with van der Waals surface area (Å²) in [5, 5.41) is 8.42. The summed E-state index contributed by atoms with van der Waals surface area (Å²) in [7, 11) is 0. The van der Waals surface area contributed by atoms with E-state index in [9.17, 15) is 18.8 Å². The van der Waals surface area contributed by atoms with Crippen molar-refractivity contribution in [3.8, 4) is 11.1 Å². The highest BCUT2D eigenvalue weighted by molar-refractivity contribution is 6.05. The van der Waals surface area contributed by atoms with Gasteiger partial charge in [-0.15, -0.1) is 0 Å². The molecule has 0 spiro atoms. The van der Waals surface area contributed by atoms with Crippen molar-refractivity contribution in [1.29, 1.82) is 0 Å². The normalized spacial score (nSPS) is 14.8. The summed E-state index contributed by atoms with van der Waals surface area (Å²) in [5.74, 6) is -1.67. The lowest BCUT2D eigenvalue weighted by molar-refractivity contribution is -0.139. The van der Waals surface area contributed by atoms with E-state index < -0.39 is 11.7 Å². The van der Waals surface area contributed by atoms with Crippen molar-refractivity contribution in [3.63, 3.8) is 0 Å². The molecule has 36 heavy (non-hydrogen) atoms. The number of halogens is 1. The number of anilines is 1. The number of hydrogen-bond donors (Lipinski definition) is 4. The lowest BCUT2D eigenvalue weighted by Crippen LogP contribution is -2.39. The Morgan fingerprint density at radius 2 is 1.92 bits per heavy atom. The monoisotopic (exact) mass is 491 g/mol. The van der Waals surface area contributed by atoms with E-state index in [1.54, 1.807) is 36.4 Å². The van der Waals surface area contributed by atoms with Crippen molar-refractivity contribution in [2.45, 2.75) is 19.0 Å². The molecular formula is C26H26FN5O4. The molecule has 2 aromatic carbocycles. The molecule has 0 bridgehead atoms. The Morgan fingerprint density at radius 1 is 1.08 bits per heavy atom. The Balaban J connectivity index is 1.46. The third-order valence-corrected chi connectivity index (χ3v) is 5.79. The molecule has 0 saturated carbocycles. The largest absolute Gasteiger partial charge is 0.464 e. The van der Waals surface area contributed by atoms with Crippen LogP contribution in [0.3, 0.4) is 0 Å². The summed E-state index contributed by atoms with van der Waals surface area (Å²) >= 11 is 0. The van der Waals surface area contributed by atoms with Crippen LogP contribution in [0.4, 0.5) is 10.1 Å². The van der Waals surface area contributed by atoms with E-state index in [1.165, 1.54) is 12.3 Å². The van der Waals surface area contributed by atoms with E-state index in [1.807, 2.05) is 6.07 Å². The van der Waals surface area contributed by atoms with Gasteiger partial charge in [0.2, 0.25) is 0 Å². The first-order valence-electron chi connectivity index (χ1n) is 11.5. The number of carbonyl (C=O) groups excluding carboxylic acids is 3. The van der Waals surface area contributed by atoms with Gasteiger partial charge >= 0.3 is 5.97 Å². The third kappa shape index (κ3) is 5.91. The fraction of sp³-hybridized carbons (Fsp3) is 0.231. The quantitative estimate of drug-likeness (QED) is 0.266. The Morgan fingerprint density at radius 3 is 2.67 bits per heavy atom. The third-order valence-electron chi connectivity index (χ3n) is 5.79. The van der Waals surface area contributed by atoms with Gasteiger partial charge in [0.25, 0.3) is 11.8 Å². The number of nitrogens with two attached hydrogens (primary N) is 1. The number of nitrogens with zero attached hydrogens (tertiary/aromatic N) is 1. The maximum absolute atomic E-state index is 13.9. The molecule has 186 valence electrons. The lowest BCUT2D eigenvalue weighted by Gasteiger charge is -2.13. The summed E-state index contributed by atoms with van der Waals surface area (Å²) in [6.07, 6.45) is 3.03. The zero-order valence-electron chi connectivity index (χ0n) is 19.4. The predicted molar refractivity (Wildman–Crippen MR) is 132 cm³/mol. The summed E-state index contributed by atoms with van der Waals surface area (Å²) in [4.78, 5) is 40.6. The minimum Gasteiger partial charge on any atom is -0.464 e. The fourth-order valence-corrected chi connectivity index (χ4v) is 3.87. The van der Waals surface area contributed by atoms with Crippen LogP contribution in [0.15, 0.2) is 60.9 Å². The Kier molecular flexibility index (Phi) is 7.99. The van der Waals surface area contributed by atoms with E-state index in [0.29, 0.717) is 48.4 Å². The minimum absolute atomic E-state index is 0.0254. The van der Waals surface area contributed by atoms with Gasteiger partial charge in [-0.25, -0.2) is 4.39 Å². The maximum atomic E-state index is 13.9. The van der Waals surface area contributed by atoms with E-state index in [4.69, 9.17) is 10.5 Å². The first kappa shape index (κ1) is 25.0. The second kappa shape index (κ2) is 11.5. The topological polar surface area (TPSA) is 135 Å². The van der Waals surface area contributed by atoms with Gasteiger partial charge < -0.3 is 26.4 Å². The number of rotatable bonds is 9. The van der Waals surface area contributed by atoms with Gasteiger partial charge in [-0.3, -0.25) is 19.4 Å². The average Bonchev–Trinajstić information content (AvgIpc) is 3.31. The van der Waals surface area contributed by atoms with Crippen LogP contribution in [0.2, 0.25) is 0 Å². The molecule has 4 rings (SSSR count). The van der Waals surface area contributed by atoms with Crippen LogP contribution in [-0.4, -0.2) is 48.5 Å². The van der Waals surface area contributed by atoms with Gasteiger partial charge in [0.1, 0.15) is 6.04 Å². The fourth-order valence-electron chi connectivity index (χ4n) is 3.87. The second-order valence-corrected chi connectivity index (χ2v) is 8.19. The predicted octanol–water partition coefficient (Wildman–Crippen LogP) is 2.23. The number of hydrogen-bond acceptors (Lipinski definition) is 7. The van der Waals surface area contributed by atoms with Crippen LogP contribution in [0.5, 0.6) is 0 Å². The van der Waals surface area contributed by atoms with Crippen LogP contribution in [0.25, 0.3) is 11.1 Å². The number of amides is 2. The van der Waals surface area contributed by atoms with Crippen molar-refractivity contribution in [2.75, 3.05) is 25.0 Å². The smallest absolute Gasteiger partial charge is 0.323 e. The lowest BCUT2D eigenvalue weighted by atomic mass is 9.95. The summed E-state index contributed by atoms with van der Waals surface area (Å²) in [5.41, 5.74) is 8.88. The van der Waals surface area contributed by atoms with Crippen LogP contribution in [-0.2, 0) is 16.1 Å². The summed E-state index contributed by atoms with van der Waals surface area (Å²) < 4.78 is 18.8. The number of nitrogens with one attached hydrogen (secondary N) is 3. The molecule has 0 aliphatic carbocycles. The molecule has 0 radical (unpaired) electrons. The van der Waals surface area contributed by atoms with E-state index in [-0.39, 0.29) is 30.2 Å². The number of esters is 1. The van der Waals surface area contributed by atoms with Crippen LogP contribution < -0.4 is 21.7 Å². The van der Waals surface area contributed by atoms with Crippen LogP contribution in [0.1, 0.15) is 32.7 Å². The first-order chi connectivity index (χ1) is 17.5. The number of carbonyl (C=O) groups is 3. The molecule has 1 saturated heterocycles. The van der Waals surface area contributed by atoms with Gasteiger partial charge in [0.15, 0.2) is 5.82 Å². The molecule has 10 heteroatoms. The highest BCUT2D eigenvalue weighted by Crippen LogP contribution is 2.27. The zero-order chi connectivity index (χ0) is 25.5. The molecule has 3 aromatic rings. The van der Waals surface area contributed by atoms with E-state index in [2.05, 4.69) is 20.9 Å². The van der Waals surface area contributed by atoms with Crippen molar-refractivity contribution < 1.29 is 23.5 Å². The number of benzene rings is 2. The van der Waals surface area contributed by atoms with Gasteiger partial charge in [-0.1, -0.05) is 18.2 Å². The molecule has 9 nitrogen and oxygen atoms in total. The average molecular weight is 492 g/mol. The van der Waals surface area contributed by atoms with Crippen molar-refractivity contribution >= 4 is 23.5 Å². The van der Waals surface area contributed by atoms with Gasteiger partial charge in [0.05, 0.1) is 18.5 Å². The molecule has 1 unspecified atom stereocenters. The highest BCUT2D eigenvalue weighted by atomic mass is 19.1. The van der Waals surface area contributed by atoms with Crippen LogP contribution >= 0.6 is 0 Å². The van der Waals surface area contributed by atoms with Crippen LogP contribution in [0, 0.1) is 5.82 Å². The summed E-state index contributed by atoms with van der Waals surface area (Å²) in [6.45, 7) is 1.39. The van der Waals surface area contributed by atoms with E-state index in [0.717, 1.165) is 11.8 Å². The van der Waals surface area contributed by atoms with Crippen molar-refractivity contribution in [1.82, 2.24) is 15.6 Å². The van der Waals surface area contributed by atoms with Crippen molar-refractivity contribution in [2.24, 2.45) is 5.73 Å². The second-order valence-electron chi connectivity index (χ2n) is 8.19. The highest BCUT2D eigenvalue weighted by Gasteiger charge is 2.25. The van der Waals surface area contributed by atoms with Crippen molar-refractivity contribution in [3.05, 3.63) is 83.4 Å². The number of ether oxygens (including phenoxy) is 1. The first-order valence-corrected chi connectivity index (χ1v) is 11.5. The number of pyridine rings is 1. The SMILES string of the molecule is NCc1ccc(C(=O)Nc2ccncc2F)cc1-c1cccc(C(=O)NCCNC2CCOC2=O)c1. The zero-order valence-corrected chi connectivity index (χ0v) is 19.4. The molecule has 2 heterocycles. The minimum atomic E-state index is -0.637. The maximum Gasteiger partial charge on any atom is 0.323 e. The Labute approximate surface area is 207 Å². The van der Waals surface area contributed by atoms with Gasteiger partial charge in [-0.2, -0.15) is 0 Å². The molecule has 5 N–H and O–H groups in total. The van der Waals surface area contributed by atoms with Gasteiger partial charge in [0, 0.05) is 43.4 Å². The molecule has 1 atom stereocenters. The molecule has 1 aliphatic heterocycles. The summed E-state index contributed by atoms with van der Waals surface area (Å²) in [6, 6.07) is 13.0. The molecule has 2 amide bonds. The molecule has 1 aliphatic rings. The standard InChI is InChI=1S/C26H26FN5O4/c27-21-15-29-8-6-22(21)32-25(34)18-4-5-19(14-28)20(13-18)16-2-1-3-17(12-16)24(33)31-10-9-30-23-7-11-36-26(23)35/h1-6,8,12-13,15,23,30H,7,9-11,14,28H2,(H,31,33)(H,29,32,34). The molecular weight excluding hydrogens is 465 g/mol. The Bertz CT molecular complexity index is 1280. The van der Waals surface area contributed by atoms with E-state index >= 15 is 0 Å². The molecule has 1 aromatic heterocycles. The Hall–Kier alpha value is -4.15. The number of cyclic esters (lactones) is 1. The molecule has 1 fully saturated rings. The van der Waals surface area contributed by atoms with Gasteiger partial charge in [-0.05, 0) is 47.0 Å². The number of aromatic nitrogens is 1.